The van der Waals surface area contributed by atoms with Gasteiger partial charge >= 0.3 is 11.4 Å². The Morgan fingerprint density at radius 3 is 2.32 bits per heavy atom. The summed E-state index contributed by atoms with van der Waals surface area (Å²) in [6.45, 7) is 0.555. The summed E-state index contributed by atoms with van der Waals surface area (Å²) in [7, 11) is 1.59. The molecule has 0 aliphatic carbocycles. The normalized spacial score (nSPS) is 10.8. The summed E-state index contributed by atoms with van der Waals surface area (Å²) in [5, 5.41) is 3.83. The van der Waals surface area contributed by atoms with Gasteiger partial charge in [0.05, 0.1) is 30.2 Å². The number of hydrogen-bond acceptors (Lipinski definition) is 6. The topological polar surface area (TPSA) is 91.0 Å². The summed E-state index contributed by atoms with van der Waals surface area (Å²) in [5.74, 6) is 0.869. The average molecular weight is 498 g/mol. The minimum Gasteiger partial charge on any atom is -0.497 e. The first-order chi connectivity index (χ1) is 16.4. The molecule has 174 valence electrons. The van der Waals surface area contributed by atoms with Gasteiger partial charge in [-0.05, 0) is 47.0 Å². The molecule has 0 bridgehead atoms. The molecule has 0 atom stereocenters. The zero-order valence-electron chi connectivity index (χ0n) is 18.2. The SMILES string of the molecule is COc1ccc(Cn2c(NCc3cccnc3)nc(=O)n(Cc3ccc(Cl)c(Cl)c3)c2=O)cc1. The molecule has 2 aromatic heterocycles. The fraction of sp³-hybridized carbons (Fsp3) is 0.167. The molecule has 0 unspecified atom stereocenters. The Bertz CT molecular complexity index is 1400. The van der Waals surface area contributed by atoms with Crippen molar-refractivity contribution in [3.8, 4) is 5.75 Å². The van der Waals surface area contributed by atoms with Crippen LogP contribution in [-0.4, -0.2) is 26.2 Å². The smallest absolute Gasteiger partial charge is 0.355 e. The molecular formula is C24H21Cl2N5O3. The molecule has 0 aliphatic heterocycles. The Hall–Kier alpha value is -3.62. The first-order valence-corrected chi connectivity index (χ1v) is 11.1. The number of benzene rings is 2. The third kappa shape index (κ3) is 5.47. The zero-order valence-corrected chi connectivity index (χ0v) is 19.8. The molecule has 0 saturated heterocycles. The first-order valence-electron chi connectivity index (χ1n) is 10.4. The maximum atomic E-state index is 13.5. The van der Waals surface area contributed by atoms with Gasteiger partial charge in [-0.3, -0.25) is 9.55 Å². The number of hydrogen-bond donors (Lipinski definition) is 1. The van der Waals surface area contributed by atoms with Crippen LogP contribution in [0.25, 0.3) is 0 Å². The molecule has 0 radical (unpaired) electrons. The summed E-state index contributed by atoms with van der Waals surface area (Å²) in [6, 6.07) is 16.0. The van der Waals surface area contributed by atoms with Gasteiger partial charge < -0.3 is 10.1 Å². The Balaban J connectivity index is 1.72. The fourth-order valence-electron chi connectivity index (χ4n) is 3.36. The van der Waals surface area contributed by atoms with Crippen LogP contribution < -0.4 is 21.4 Å². The Labute approximate surface area is 205 Å². The molecule has 34 heavy (non-hydrogen) atoms. The lowest BCUT2D eigenvalue weighted by Crippen LogP contribution is -2.43. The van der Waals surface area contributed by atoms with Crippen molar-refractivity contribution in [3.05, 3.63) is 115 Å². The van der Waals surface area contributed by atoms with Gasteiger partial charge in [0.1, 0.15) is 5.75 Å². The zero-order chi connectivity index (χ0) is 24.1. The molecule has 1 N–H and O–H groups in total. The number of nitrogens with one attached hydrogen (secondary N) is 1. The van der Waals surface area contributed by atoms with E-state index in [9.17, 15) is 9.59 Å². The van der Waals surface area contributed by atoms with Gasteiger partial charge in [-0.1, -0.05) is 47.5 Å². The van der Waals surface area contributed by atoms with Crippen LogP contribution in [-0.2, 0) is 19.6 Å². The van der Waals surface area contributed by atoms with Crippen LogP contribution in [0.4, 0.5) is 5.95 Å². The molecule has 4 rings (SSSR count). The summed E-state index contributed by atoms with van der Waals surface area (Å²) < 4.78 is 7.70. The quantitative estimate of drug-likeness (QED) is 0.397. The van der Waals surface area contributed by atoms with Crippen LogP contribution in [0, 0.1) is 0 Å². The van der Waals surface area contributed by atoms with Crippen molar-refractivity contribution in [1.82, 2.24) is 19.1 Å². The van der Waals surface area contributed by atoms with Gasteiger partial charge in [0.25, 0.3) is 0 Å². The van der Waals surface area contributed by atoms with Gasteiger partial charge in [0.15, 0.2) is 0 Å². The summed E-state index contributed by atoms with van der Waals surface area (Å²) in [6.07, 6.45) is 3.37. The van der Waals surface area contributed by atoms with Crippen LogP contribution in [0.1, 0.15) is 16.7 Å². The lowest BCUT2D eigenvalue weighted by atomic mass is 10.2. The first kappa shape index (κ1) is 23.5. The van der Waals surface area contributed by atoms with E-state index in [-0.39, 0.29) is 19.0 Å². The third-order valence-electron chi connectivity index (χ3n) is 5.15. The van der Waals surface area contributed by atoms with Crippen LogP contribution >= 0.6 is 23.2 Å². The van der Waals surface area contributed by atoms with E-state index in [4.69, 9.17) is 27.9 Å². The number of anilines is 1. The van der Waals surface area contributed by atoms with Crippen LogP contribution in [0.3, 0.4) is 0 Å². The minimum atomic E-state index is -0.671. The summed E-state index contributed by atoms with van der Waals surface area (Å²) >= 11 is 12.1. The highest BCUT2D eigenvalue weighted by Gasteiger charge is 2.15. The minimum absolute atomic E-state index is 0.00700. The molecule has 8 nitrogen and oxygen atoms in total. The van der Waals surface area contributed by atoms with Crippen molar-refractivity contribution >= 4 is 29.2 Å². The predicted octanol–water partition coefficient (Wildman–Crippen LogP) is 3.82. The number of pyridine rings is 1. The number of ether oxygens (including phenoxy) is 1. The van der Waals surface area contributed by atoms with Crippen molar-refractivity contribution in [1.29, 1.82) is 0 Å². The molecule has 10 heteroatoms. The largest absolute Gasteiger partial charge is 0.497 e. The highest BCUT2D eigenvalue weighted by atomic mass is 35.5. The Kier molecular flexibility index (Phi) is 7.30. The third-order valence-corrected chi connectivity index (χ3v) is 5.89. The van der Waals surface area contributed by atoms with Gasteiger partial charge in [-0.15, -0.1) is 0 Å². The predicted molar refractivity (Wildman–Crippen MR) is 132 cm³/mol. The second-order valence-corrected chi connectivity index (χ2v) is 8.30. The van der Waals surface area contributed by atoms with Crippen molar-refractivity contribution in [2.45, 2.75) is 19.6 Å². The standard InChI is InChI=1S/C24H21Cl2N5O3/c1-34-19-7-4-16(5-8-19)14-30-22(28-13-18-3-2-10-27-12-18)29-23(32)31(24(30)33)15-17-6-9-20(25)21(26)11-17/h2-12H,13-15H2,1H3,(H,28,29,32). The number of rotatable bonds is 8. The van der Waals surface area contributed by atoms with Gasteiger partial charge in [0, 0.05) is 18.9 Å². The molecule has 0 spiro atoms. The van der Waals surface area contributed by atoms with E-state index >= 15 is 0 Å². The molecule has 0 aliphatic rings. The molecule has 2 aromatic carbocycles. The second kappa shape index (κ2) is 10.5. The molecule has 4 aromatic rings. The van der Waals surface area contributed by atoms with Gasteiger partial charge in [-0.2, -0.15) is 4.98 Å². The Morgan fingerprint density at radius 1 is 0.912 bits per heavy atom. The van der Waals surface area contributed by atoms with E-state index in [1.54, 1.807) is 37.7 Å². The maximum absolute atomic E-state index is 13.5. The Morgan fingerprint density at radius 2 is 1.65 bits per heavy atom. The van der Waals surface area contributed by atoms with Crippen molar-refractivity contribution in [3.63, 3.8) is 0 Å². The molecular weight excluding hydrogens is 477 g/mol. The summed E-state index contributed by atoms with van der Waals surface area (Å²) in [4.78, 5) is 34.5. The van der Waals surface area contributed by atoms with E-state index in [0.29, 0.717) is 27.9 Å². The molecule has 0 amide bonds. The van der Waals surface area contributed by atoms with E-state index in [2.05, 4.69) is 15.3 Å². The number of nitrogens with zero attached hydrogens (tertiary/aromatic N) is 4. The number of halogens is 2. The van der Waals surface area contributed by atoms with E-state index in [1.807, 2.05) is 36.4 Å². The fourth-order valence-corrected chi connectivity index (χ4v) is 3.68. The van der Waals surface area contributed by atoms with Crippen molar-refractivity contribution in [2.24, 2.45) is 0 Å². The number of methoxy groups -OCH3 is 1. The van der Waals surface area contributed by atoms with Crippen molar-refractivity contribution < 1.29 is 4.74 Å². The lowest BCUT2D eigenvalue weighted by Gasteiger charge is -2.16. The van der Waals surface area contributed by atoms with Crippen LogP contribution in [0.5, 0.6) is 5.75 Å². The van der Waals surface area contributed by atoms with Gasteiger partial charge in [-0.25, -0.2) is 14.2 Å². The average Bonchev–Trinajstić information content (AvgIpc) is 2.85. The van der Waals surface area contributed by atoms with Gasteiger partial charge in [0.2, 0.25) is 5.95 Å². The van der Waals surface area contributed by atoms with E-state index in [1.165, 1.54) is 4.57 Å². The van der Waals surface area contributed by atoms with E-state index in [0.717, 1.165) is 15.7 Å². The number of aromatic nitrogens is 4. The molecule has 2 heterocycles. The lowest BCUT2D eigenvalue weighted by molar-refractivity contribution is 0.414. The summed E-state index contributed by atoms with van der Waals surface area (Å²) in [5.41, 5.74) is 1.20. The highest BCUT2D eigenvalue weighted by Crippen LogP contribution is 2.22. The monoisotopic (exact) mass is 497 g/mol. The van der Waals surface area contributed by atoms with Crippen molar-refractivity contribution in [2.75, 3.05) is 12.4 Å². The highest BCUT2D eigenvalue weighted by molar-refractivity contribution is 6.42. The second-order valence-electron chi connectivity index (χ2n) is 7.48. The molecule has 0 saturated carbocycles. The van der Waals surface area contributed by atoms with Crippen LogP contribution in [0.15, 0.2) is 76.6 Å². The maximum Gasteiger partial charge on any atom is 0.355 e. The van der Waals surface area contributed by atoms with E-state index < -0.39 is 11.4 Å². The van der Waals surface area contributed by atoms with Crippen LogP contribution in [0.2, 0.25) is 10.0 Å². The molecule has 0 fully saturated rings.